The van der Waals surface area contributed by atoms with Crippen molar-refractivity contribution in [1.82, 2.24) is 5.32 Å². The smallest absolute Gasteiger partial charge is 0.00977 e. The van der Waals surface area contributed by atoms with E-state index in [0.717, 1.165) is 23.8 Å². The topological polar surface area (TPSA) is 12.0 Å². The Morgan fingerprint density at radius 1 is 1.12 bits per heavy atom. The summed E-state index contributed by atoms with van der Waals surface area (Å²) in [6, 6.07) is 0.753. The Balaban J connectivity index is 2.41. The first kappa shape index (κ1) is 14.0. The van der Waals surface area contributed by atoms with Crippen molar-refractivity contribution < 1.29 is 0 Å². The largest absolute Gasteiger partial charge is 0.314 e. The first-order valence-corrected chi connectivity index (χ1v) is 7.38. The van der Waals surface area contributed by atoms with Crippen molar-refractivity contribution in [1.29, 1.82) is 0 Å². The molecule has 1 aliphatic carbocycles. The van der Waals surface area contributed by atoms with Crippen molar-refractivity contribution in [3.05, 3.63) is 0 Å². The predicted octanol–water partition coefficient (Wildman–Crippen LogP) is 4.23. The average molecular weight is 225 g/mol. The minimum atomic E-state index is 0.753. The highest BCUT2D eigenvalue weighted by Gasteiger charge is 2.25. The minimum absolute atomic E-state index is 0.753. The molecule has 2 unspecified atom stereocenters. The third kappa shape index (κ3) is 4.45. The molecule has 96 valence electrons. The van der Waals surface area contributed by atoms with Gasteiger partial charge >= 0.3 is 0 Å². The molecule has 0 aliphatic heterocycles. The van der Waals surface area contributed by atoms with Crippen molar-refractivity contribution in [2.24, 2.45) is 17.8 Å². The van der Waals surface area contributed by atoms with Crippen LogP contribution in [-0.2, 0) is 0 Å². The second-order valence-corrected chi connectivity index (χ2v) is 6.05. The third-order valence-corrected chi connectivity index (χ3v) is 4.40. The Morgan fingerprint density at radius 3 is 2.25 bits per heavy atom. The summed E-state index contributed by atoms with van der Waals surface area (Å²) in [6.07, 6.45) is 8.58. The lowest BCUT2D eigenvalue weighted by Gasteiger charge is -2.30. The van der Waals surface area contributed by atoms with Crippen molar-refractivity contribution in [2.45, 2.75) is 72.3 Å². The van der Waals surface area contributed by atoms with E-state index in [2.05, 4.69) is 33.0 Å². The van der Waals surface area contributed by atoms with Gasteiger partial charge in [-0.05, 0) is 37.1 Å². The van der Waals surface area contributed by atoms with E-state index < -0.39 is 0 Å². The van der Waals surface area contributed by atoms with Gasteiger partial charge in [-0.1, -0.05) is 53.4 Å². The van der Waals surface area contributed by atoms with Crippen LogP contribution in [0.3, 0.4) is 0 Å². The molecule has 0 heterocycles. The van der Waals surface area contributed by atoms with E-state index in [1.807, 2.05) is 0 Å². The van der Waals surface area contributed by atoms with Gasteiger partial charge in [-0.25, -0.2) is 0 Å². The Morgan fingerprint density at radius 2 is 1.75 bits per heavy atom. The molecule has 0 aromatic rings. The number of hydrogen-bond donors (Lipinski definition) is 1. The Kier molecular flexibility index (Phi) is 6.41. The van der Waals surface area contributed by atoms with E-state index in [0.29, 0.717) is 0 Å². The van der Waals surface area contributed by atoms with Crippen molar-refractivity contribution in [3.63, 3.8) is 0 Å². The molecule has 1 nitrogen and oxygen atoms in total. The highest BCUT2D eigenvalue weighted by molar-refractivity contribution is 4.80. The zero-order valence-corrected chi connectivity index (χ0v) is 11.8. The van der Waals surface area contributed by atoms with Crippen molar-refractivity contribution >= 4 is 0 Å². The van der Waals surface area contributed by atoms with Crippen molar-refractivity contribution in [2.75, 3.05) is 6.54 Å². The molecule has 2 atom stereocenters. The van der Waals surface area contributed by atoms with Crippen LogP contribution in [0.5, 0.6) is 0 Å². The summed E-state index contributed by atoms with van der Waals surface area (Å²) in [5.41, 5.74) is 0. The van der Waals surface area contributed by atoms with Crippen LogP contribution in [0.25, 0.3) is 0 Å². The maximum Gasteiger partial charge on any atom is 0.00977 e. The molecule has 1 N–H and O–H groups in total. The first-order valence-electron chi connectivity index (χ1n) is 7.38. The Labute approximate surface area is 102 Å². The van der Waals surface area contributed by atoms with E-state index in [9.17, 15) is 0 Å². The average Bonchev–Trinajstić information content (AvgIpc) is 2.75. The molecule has 0 aromatic carbocycles. The van der Waals surface area contributed by atoms with Gasteiger partial charge in [0.1, 0.15) is 0 Å². The van der Waals surface area contributed by atoms with Gasteiger partial charge in [0.15, 0.2) is 0 Å². The molecule has 1 saturated carbocycles. The van der Waals surface area contributed by atoms with Crippen LogP contribution in [0.15, 0.2) is 0 Å². The first-order chi connectivity index (χ1) is 7.65. The summed E-state index contributed by atoms with van der Waals surface area (Å²) >= 11 is 0. The molecule has 0 aromatic heterocycles. The minimum Gasteiger partial charge on any atom is -0.314 e. The lowest BCUT2D eigenvalue weighted by atomic mass is 9.84. The summed E-state index contributed by atoms with van der Waals surface area (Å²) in [5.74, 6) is 2.62. The quantitative estimate of drug-likeness (QED) is 0.684. The van der Waals surface area contributed by atoms with Crippen LogP contribution in [0, 0.1) is 17.8 Å². The Hall–Kier alpha value is -0.0400. The molecule has 16 heavy (non-hydrogen) atoms. The fraction of sp³-hybridized carbons (Fsp3) is 1.00. The highest BCUT2D eigenvalue weighted by Crippen LogP contribution is 2.31. The lowest BCUT2D eigenvalue weighted by Crippen LogP contribution is -2.39. The molecule has 1 heteroatoms. The molecule has 0 spiro atoms. The zero-order valence-electron chi connectivity index (χ0n) is 11.8. The van der Waals surface area contributed by atoms with Gasteiger partial charge in [0.25, 0.3) is 0 Å². The number of rotatable bonds is 7. The molecule has 0 radical (unpaired) electrons. The molecular weight excluding hydrogens is 194 g/mol. The van der Waals surface area contributed by atoms with Crippen LogP contribution in [0.4, 0.5) is 0 Å². The van der Waals surface area contributed by atoms with Gasteiger partial charge in [0.05, 0.1) is 0 Å². The fourth-order valence-corrected chi connectivity index (χ4v) is 2.88. The maximum atomic E-state index is 3.78. The zero-order chi connectivity index (χ0) is 12.0. The monoisotopic (exact) mass is 225 g/mol. The third-order valence-electron chi connectivity index (χ3n) is 4.40. The summed E-state index contributed by atoms with van der Waals surface area (Å²) in [5, 5.41) is 3.78. The molecule has 1 fully saturated rings. The van der Waals surface area contributed by atoms with Gasteiger partial charge in [0, 0.05) is 6.04 Å². The number of hydrogen-bond acceptors (Lipinski definition) is 1. The van der Waals surface area contributed by atoms with Gasteiger partial charge < -0.3 is 5.32 Å². The standard InChI is InChI=1S/C15H31N/c1-5-10-16-15(13(4)12(2)3)11-14-8-6-7-9-14/h12-16H,5-11H2,1-4H3. The molecule has 0 saturated heterocycles. The highest BCUT2D eigenvalue weighted by atomic mass is 14.9. The van der Waals surface area contributed by atoms with E-state index in [4.69, 9.17) is 0 Å². The van der Waals surface area contributed by atoms with Gasteiger partial charge in [-0.2, -0.15) is 0 Å². The summed E-state index contributed by atoms with van der Waals surface area (Å²) in [6.45, 7) is 10.6. The molecular formula is C15H31N. The second kappa shape index (κ2) is 7.32. The van der Waals surface area contributed by atoms with E-state index >= 15 is 0 Å². The summed E-state index contributed by atoms with van der Waals surface area (Å²) < 4.78 is 0. The lowest BCUT2D eigenvalue weighted by molar-refractivity contribution is 0.255. The molecule has 0 bridgehead atoms. The van der Waals surface area contributed by atoms with Crippen LogP contribution in [0.1, 0.15) is 66.2 Å². The van der Waals surface area contributed by atoms with Gasteiger partial charge in [0.2, 0.25) is 0 Å². The predicted molar refractivity (Wildman–Crippen MR) is 72.7 cm³/mol. The SMILES string of the molecule is CCCNC(CC1CCCC1)C(C)C(C)C. The van der Waals surface area contributed by atoms with E-state index in [1.165, 1.54) is 45.1 Å². The van der Waals surface area contributed by atoms with Crippen LogP contribution in [-0.4, -0.2) is 12.6 Å². The normalized spacial score (nSPS) is 21.6. The van der Waals surface area contributed by atoms with Gasteiger partial charge in [-0.15, -0.1) is 0 Å². The Bertz CT molecular complexity index is 170. The van der Waals surface area contributed by atoms with E-state index in [-0.39, 0.29) is 0 Å². The van der Waals surface area contributed by atoms with Crippen LogP contribution in [0.2, 0.25) is 0 Å². The van der Waals surface area contributed by atoms with Crippen LogP contribution >= 0.6 is 0 Å². The van der Waals surface area contributed by atoms with Gasteiger partial charge in [-0.3, -0.25) is 0 Å². The van der Waals surface area contributed by atoms with E-state index in [1.54, 1.807) is 0 Å². The molecule has 1 aliphatic rings. The second-order valence-electron chi connectivity index (χ2n) is 6.05. The summed E-state index contributed by atoms with van der Waals surface area (Å²) in [4.78, 5) is 0. The van der Waals surface area contributed by atoms with Crippen molar-refractivity contribution in [3.8, 4) is 0 Å². The number of nitrogens with one attached hydrogen (secondary N) is 1. The maximum absolute atomic E-state index is 3.78. The fourth-order valence-electron chi connectivity index (χ4n) is 2.88. The molecule has 1 rings (SSSR count). The van der Waals surface area contributed by atoms with Crippen LogP contribution < -0.4 is 5.32 Å². The summed E-state index contributed by atoms with van der Waals surface area (Å²) in [7, 11) is 0. The molecule has 0 amide bonds.